The summed E-state index contributed by atoms with van der Waals surface area (Å²) in [5, 5.41) is 13.4. The molecule has 4 nitrogen and oxygen atoms in total. The lowest BCUT2D eigenvalue weighted by Gasteiger charge is -2.16. The van der Waals surface area contributed by atoms with Gasteiger partial charge in [-0.3, -0.25) is 0 Å². The number of nitrogens with one attached hydrogen (secondary N) is 1. The Labute approximate surface area is 190 Å². The second-order valence-electron chi connectivity index (χ2n) is 6.50. The molecule has 31 heavy (non-hydrogen) atoms. The van der Waals surface area contributed by atoms with E-state index in [-0.39, 0.29) is 15.7 Å². The summed E-state index contributed by atoms with van der Waals surface area (Å²) in [4.78, 5) is -0.445. The van der Waals surface area contributed by atoms with Crippen LogP contribution < -0.4 is 5.32 Å². The van der Waals surface area contributed by atoms with Crippen molar-refractivity contribution >= 4 is 38.9 Å². The van der Waals surface area contributed by atoms with Gasteiger partial charge in [-0.2, -0.15) is 5.26 Å². The van der Waals surface area contributed by atoms with E-state index in [1.807, 2.05) is 6.07 Å². The second kappa shape index (κ2) is 10.0. The van der Waals surface area contributed by atoms with Crippen molar-refractivity contribution < 1.29 is 12.8 Å². The SMILES string of the molecule is Cc1c(Cl)cccc1N/C(SCc1ccccc1F)=C(/C#N)S(=O)(=O)c1ccccc1. The van der Waals surface area contributed by atoms with Crippen molar-refractivity contribution in [3.63, 3.8) is 0 Å². The van der Waals surface area contributed by atoms with Crippen molar-refractivity contribution in [2.75, 3.05) is 5.32 Å². The summed E-state index contributed by atoms with van der Waals surface area (Å²) in [6.07, 6.45) is 0. The van der Waals surface area contributed by atoms with Crippen molar-refractivity contribution in [3.8, 4) is 6.07 Å². The standard InChI is InChI=1S/C23H18ClFN2O2S2/c1-16-19(24)11-7-13-21(16)27-23(30-15-17-8-5-6-12-20(17)25)22(14-26)31(28,29)18-9-3-2-4-10-18/h2-13,27H,15H2,1H3/b23-22+. The van der Waals surface area contributed by atoms with E-state index < -0.39 is 20.6 Å². The van der Waals surface area contributed by atoms with E-state index in [0.717, 1.165) is 11.8 Å². The fraction of sp³-hybridized carbons (Fsp3) is 0.0870. The van der Waals surface area contributed by atoms with Gasteiger partial charge in [-0.1, -0.05) is 54.1 Å². The van der Waals surface area contributed by atoms with Crippen molar-refractivity contribution in [1.82, 2.24) is 0 Å². The van der Waals surface area contributed by atoms with E-state index in [1.165, 1.54) is 18.2 Å². The number of halogens is 2. The Morgan fingerprint density at radius 1 is 1.06 bits per heavy atom. The highest BCUT2D eigenvalue weighted by Crippen LogP contribution is 2.33. The Kier molecular flexibility index (Phi) is 7.39. The number of anilines is 1. The number of nitriles is 1. The lowest BCUT2D eigenvalue weighted by Crippen LogP contribution is -2.11. The lowest BCUT2D eigenvalue weighted by molar-refractivity contribution is 0.603. The summed E-state index contributed by atoms with van der Waals surface area (Å²) in [5.41, 5.74) is 1.64. The van der Waals surface area contributed by atoms with Crippen LogP contribution >= 0.6 is 23.4 Å². The van der Waals surface area contributed by atoms with Gasteiger partial charge in [0.05, 0.1) is 4.90 Å². The van der Waals surface area contributed by atoms with Gasteiger partial charge >= 0.3 is 0 Å². The third-order valence-electron chi connectivity index (χ3n) is 4.48. The highest BCUT2D eigenvalue weighted by atomic mass is 35.5. The Balaban J connectivity index is 2.09. The molecule has 0 unspecified atom stereocenters. The molecule has 158 valence electrons. The van der Waals surface area contributed by atoms with Crippen LogP contribution in [0.15, 0.2) is 87.6 Å². The number of allylic oxidation sites excluding steroid dienone is 1. The first-order chi connectivity index (χ1) is 14.8. The predicted octanol–water partition coefficient (Wildman–Crippen LogP) is 6.30. The molecule has 0 aliphatic heterocycles. The Morgan fingerprint density at radius 2 is 1.74 bits per heavy atom. The number of rotatable bonds is 7. The van der Waals surface area contributed by atoms with Crippen molar-refractivity contribution in [2.24, 2.45) is 0 Å². The molecule has 3 rings (SSSR count). The molecule has 0 aliphatic rings. The number of benzene rings is 3. The fourth-order valence-electron chi connectivity index (χ4n) is 2.74. The second-order valence-corrected chi connectivity index (χ2v) is 9.78. The Bertz CT molecular complexity index is 1270. The largest absolute Gasteiger partial charge is 0.348 e. The number of sulfone groups is 1. The normalized spacial score (nSPS) is 12.1. The quantitative estimate of drug-likeness (QED) is 0.408. The van der Waals surface area contributed by atoms with Crippen molar-refractivity contribution in [2.45, 2.75) is 17.6 Å². The first kappa shape index (κ1) is 22.9. The van der Waals surface area contributed by atoms with E-state index >= 15 is 0 Å². The summed E-state index contributed by atoms with van der Waals surface area (Å²) in [6.45, 7) is 1.78. The summed E-state index contributed by atoms with van der Waals surface area (Å²) >= 11 is 7.23. The van der Waals surface area contributed by atoms with Crippen LogP contribution in [-0.2, 0) is 15.6 Å². The molecule has 8 heteroatoms. The van der Waals surface area contributed by atoms with Crippen LogP contribution in [-0.4, -0.2) is 8.42 Å². The van der Waals surface area contributed by atoms with Gasteiger partial charge < -0.3 is 5.32 Å². The van der Waals surface area contributed by atoms with Crippen molar-refractivity contribution in [3.05, 3.63) is 105 Å². The summed E-state index contributed by atoms with van der Waals surface area (Å²) in [5.74, 6) is -0.276. The molecule has 3 aromatic rings. The van der Waals surface area contributed by atoms with Crippen LogP contribution in [0.4, 0.5) is 10.1 Å². The summed E-state index contributed by atoms with van der Waals surface area (Å²) in [6, 6.07) is 20.9. The van der Waals surface area contributed by atoms with Gasteiger partial charge in [0.2, 0.25) is 9.84 Å². The molecule has 3 aromatic carbocycles. The number of hydrogen-bond acceptors (Lipinski definition) is 5. The van der Waals surface area contributed by atoms with E-state index in [2.05, 4.69) is 5.32 Å². The van der Waals surface area contributed by atoms with Crippen LogP contribution in [0.25, 0.3) is 0 Å². The molecule has 1 N–H and O–H groups in total. The minimum absolute atomic E-state index is 0.000146. The summed E-state index contributed by atoms with van der Waals surface area (Å²) in [7, 11) is -4.10. The van der Waals surface area contributed by atoms with Crippen LogP contribution in [0.2, 0.25) is 5.02 Å². The molecule has 0 aliphatic carbocycles. The van der Waals surface area contributed by atoms with Gasteiger partial charge in [0, 0.05) is 16.5 Å². The van der Waals surface area contributed by atoms with E-state index in [0.29, 0.717) is 21.8 Å². The first-order valence-electron chi connectivity index (χ1n) is 9.17. The fourth-order valence-corrected chi connectivity index (χ4v) is 5.48. The molecule has 0 radical (unpaired) electrons. The van der Waals surface area contributed by atoms with E-state index in [1.54, 1.807) is 61.5 Å². The molecule has 0 bridgehead atoms. The average Bonchev–Trinajstić information content (AvgIpc) is 2.77. The van der Waals surface area contributed by atoms with Gasteiger partial charge in [0.25, 0.3) is 0 Å². The van der Waals surface area contributed by atoms with Gasteiger partial charge in [-0.05, 0) is 48.4 Å². The third-order valence-corrected chi connectivity index (χ3v) is 7.79. The zero-order valence-electron chi connectivity index (χ0n) is 16.5. The number of hydrogen-bond donors (Lipinski definition) is 1. The molecule has 0 saturated heterocycles. The number of thioether (sulfide) groups is 1. The minimum atomic E-state index is -4.10. The average molecular weight is 473 g/mol. The molecular formula is C23H18ClFN2O2S2. The van der Waals surface area contributed by atoms with Crippen LogP contribution in [0, 0.1) is 24.1 Å². The van der Waals surface area contributed by atoms with E-state index in [4.69, 9.17) is 11.6 Å². The monoisotopic (exact) mass is 472 g/mol. The molecule has 0 fully saturated rings. The van der Waals surface area contributed by atoms with E-state index in [9.17, 15) is 18.1 Å². The number of nitrogens with zero attached hydrogens (tertiary/aromatic N) is 1. The molecule has 0 spiro atoms. The zero-order chi connectivity index (χ0) is 22.4. The maximum absolute atomic E-state index is 14.1. The Hall–Kier alpha value is -2.79. The minimum Gasteiger partial charge on any atom is -0.348 e. The molecule has 0 aromatic heterocycles. The van der Waals surface area contributed by atoms with Crippen LogP contribution in [0.5, 0.6) is 0 Å². The summed E-state index contributed by atoms with van der Waals surface area (Å²) < 4.78 is 40.5. The van der Waals surface area contributed by atoms with Gasteiger partial charge in [-0.25, -0.2) is 12.8 Å². The highest BCUT2D eigenvalue weighted by Gasteiger charge is 2.26. The van der Waals surface area contributed by atoms with Gasteiger partial charge in [-0.15, -0.1) is 11.8 Å². The maximum atomic E-state index is 14.1. The van der Waals surface area contributed by atoms with Crippen molar-refractivity contribution in [1.29, 1.82) is 5.26 Å². The third kappa shape index (κ3) is 5.28. The lowest BCUT2D eigenvalue weighted by atomic mass is 10.2. The van der Waals surface area contributed by atoms with Crippen LogP contribution in [0.3, 0.4) is 0 Å². The maximum Gasteiger partial charge on any atom is 0.219 e. The molecular weight excluding hydrogens is 455 g/mol. The Morgan fingerprint density at radius 3 is 2.42 bits per heavy atom. The van der Waals surface area contributed by atoms with Gasteiger partial charge in [0.1, 0.15) is 16.9 Å². The van der Waals surface area contributed by atoms with Gasteiger partial charge in [0.15, 0.2) is 4.91 Å². The smallest absolute Gasteiger partial charge is 0.219 e. The molecule has 0 amide bonds. The molecule has 0 atom stereocenters. The molecule has 0 heterocycles. The highest BCUT2D eigenvalue weighted by molar-refractivity contribution is 8.04. The topological polar surface area (TPSA) is 70.0 Å². The zero-order valence-corrected chi connectivity index (χ0v) is 18.9. The van der Waals surface area contributed by atoms with Crippen LogP contribution in [0.1, 0.15) is 11.1 Å². The predicted molar refractivity (Wildman–Crippen MR) is 124 cm³/mol. The molecule has 0 saturated carbocycles. The first-order valence-corrected chi connectivity index (χ1v) is 12.0.